The van der Waals surface area contributed by atoms with Gasteiger partial charge in [0.1, 0.15) is 0 Å². The van der Waals surface area contributed by atoms with E-state index in [-0.39, 0.29) is 0 Å². The first kappa shape index (κ1) is 12.8. The van der Waals surface area contributed by atoms with Gasteiger partial charge in [-0.25, -0.2) is 9.97 Å². The molecule has 0 fully saturated rings. The molecule has 0 bridgehead atoms. The molecular weight excluding hydrogens is 428 g/mol. The van der Waals surface area contributed by atoms with Gasteiger partial charge < -0.3 is 8.83 Å². The van der Waals surface area contributed by atoms with E-state index in [1.54, 1.807) is 12.5 Å². The second-order valence-corrected chi connectivity index (χ2v) is 7.51. The van der Waals surface area contributed by atoms with Crippen LogP contribution in [0, 0.1) is 0 Å². The van der Waals surface area contributed by atoms with E-state index in [0.717, 1.165) is 40.1 Å². The fourth-order valence-corrected chi connectivity index (χ4v) is 4.82. The third-order valence-electron chi connectivity index (χ3n) is 2.60. The van der Waals surface area contributed by atoms with Gasteiger partial charge in [0.15, 0.2) is 31.2 Å². The van der Waals surface area contributed by atoms with Crippen molar-refractivity contribution in [3.8, 4) is 21.5 Å². The first-order valence-corrected chi connectivity index (χ1v) is 8.68. The molecule has 0 saturated carbocycles. The number of hydrogen-bond donors (Lipinski definition) is 0. The van der Waals surface area contributed by atoms with Gasteiger partial charge in [0, 0.05) is 0 Å². The van der Waals surface area contributed by atoms with Crippen LogP contribution >= 0.6 is 54.5 Å². The van der Waals surface area contributed by atoms with Crippen molar-refractivity contribution in [2.75, 3.05) is 0 Å². The number of rotatable bonds is 2. The maximum Gasteiger partial charge on any atom is 0.176 e. The minimum atomic E-state index is 0.737. The summed E-state index contributed by atoms with van der Waals surface area (Å²) in [5, 5.41) is 1.64. The third kappa shape index (κ3) is 1.98. The minimum Gasteiger partial charge on any atom is -0.461 e. The van der Waals surface area contributed by atoms with Crippen LogP contribution in [0.15, 0.2) is 42.4 Å². The van der Waals surface area contributed by atoms with Crippen molar-refractivity contribution in [1.29, 1.82) is 0 Å². The molecule has 0 unspecified atom stereocenters. The first-order valence-electron chi connectivity index (χ1n) is 5.46. The average molecular weight is 432 g/mol. The number of nitrogens with zero attached hydrogens (tertiary/aromatic N) is 2. The highest BCUT2D eigenvalue weighted by Crippen LogP contribution is 2.40. The summed E-state index contributed by atoms with van der Waals surface area (Å²) in [5.41, 5.74) is 0. The predicted octanol–water partition coefficient (Wildman–Crippen LogP) is 5.80. The van der Waals surface area contributed by atoms with Gasteiger partial charge in [0.2, 0.25) is 0 Å². The SMILES string of the molecule is Brc1ccoc1-c1nc2sc(-c3occc3Br)nc2s1. The molecule has 4 heterocycles. The molecular formula is C12H4Br2N2O2S2. The van der Waals surface area contributed by atoms with Gasteiger partial charge in [-0.3, -0.25) is 0 Å². The zero-order chi connectivity index (χ0) is 13.7. The van der Waals surface area contributed by atoms with E-state index >= 15 is 0 Å². The number of halogens is 2. The van der Waals surface area contributed by atoms with E-state index in [9.17, 15) is 0 Å². The summed E-state index contributed by atoms with van der Waals surface area (Å²) in [6, 6.07) is 3.70. The van der Waals surface area contributed by atoms with Gasteiger partial charge >= 0.3 is 0 Å². The molecule has 20 heavy (non-hydrogen) atoms. The lowest BCUT2D eigenvalue weighted by Crippen LogP contribution is -1.72. The number of fused-ring (bicyclic) bond motifs is 1. The summed E-state index contributed by atoms with van der Waals surface area (Å²) in [6.45, 7) is 0. The fraction of sp³-hybridized carbons (Fsp3) is 0. The fourth-order valence-electron chi connectivity index (χ4n) is 1.73. The van der Waals surface area contributed by atoms with Crippen LogP contribution < -0.4 is 0 Å². The lowest BCUT2D eigenvalue weighted by Gasteiger charge is -1.90. The summed E-state index contributed by atoms with van der Waals surface area (Å²) >= 11 is 9.88. The Morgan fingerprint density at radius 1 is 0.800 bits per heavy atom. The molecule has 0 atom stereocenters. The number of aromatic nitrogens is 2. The van der Waals surface area contributed by atoms with E-state index in [1.807, 2.05) is 12.1 Å². The Hall–Kier alpha value is -0.960. The Balaban J connectivity index is 1.82. The van der Waals surface area contributed by atoms with Crippen LogP contribution in [0.1, 0.15) is 0 Å². The topological polar surface area (TPSA) is 52.1 Å². The zero-order valence-corrected chi connectivity index (χ0v) is 14.4. The second kappa shape index (κ2) is 4.80. The van der Waals surface area contributed by atoms with Gasteiger partial charge in [-0.15, -0.1) is 0 Å². The van der Waals surface area contributed by atoms with Crippen LogP contribution in [0.5, 0.6) is 0 Å². The maximum absolute atomic E-state index is 5.42. The molecule has 0 radical (unpaired) electrons. The van der Waals surface area contributed by atoms with Crippen molar-refractivity contribution in [3.63, 3.8) is 0 Å². The van der Waals surface area contributed by atoms with Crippen molar-refractivity contribution in [2.45, 2.75) is 0 Å². The van der Waals surface area contributed by atoms with Gasteiger partial charge in [0.05, 0.1) is 21.5 Å². The zero-order valence-electron chi connectivity index (χ0n) is 9.59. The largest absolute Gasteiger partial charge is 0.461 e. The highest BCUT2D eigenvalue weighted by atomic mass is 79.9. The normalized spacial score (nSPS) is 11.5. The molecule has 0 aliphatic heterocycles. The van der Waals surface area contributed by atoms with Crippen LogP contribution in [0.2, 0.25) is 0 Å². The van der Waals surface area contributed by atoms with Crippen molar-refractivity contribution in [1.82, 2.24) is 9.97 Å². The van der Waals surface area contributed by atoms with Crippen molar-refractivity contribution < 1.29 is 8.83 Å². The molecule has 0 saturated heterocycles. The van der Waals surface area contributed by atoms with Crippen LogP contribution in [0.4, 0.5) is 0 Å². The van der Waals surface area contributed by atoms with Gasteiger partial charge in [-0.05, 0) is 44.0 Å². The molecule has 4 aromatic rings. The quantitative estimate of drug-likeness (QED) is 0.402. The Kier molecular flexibility index (Phi) is 3.06. The van der Waals surface area contributed by atoms with Crippen molar-refractivity contribution >= 4 is 64.2 Å². The Labute approximate surface area is 137 Å². The molecule has 4 rings (SSSR count). The summed E-state index contributed by atoms with van der Waals surface area (Å²) in [7, 11) is 0. The van der Waals surface area contributed by atoms with E-state index in [4.69, 9.17) is 8.83 Å². The standard InChI is InChI=1S/C12H4Br2N2O2S2/c13-5-1-3-17-7(5)9-15-11-12(19-9)16-10(20-11)8-6(14)2-4-18-8/h1-4H. The van der Waals surface area contributed by atoms with Crippen LogP contribution in [0.3, 0.4) is 0 Å². The van der Waals surface area contributed by atoms with Crippen LogP contribution in [0.25, 0.3) is 31.2 Å². The third-order valence-corrected chi connectivity index (χ3v) is 5.87. The smallest absolute Gasteiger partial charge is 0.176 e. The van der Waals surface area contributed by atoms with Gasteiger partial charge in [0.25, 0.3) is 0 Å². The molecule has 0 aliphatic rings. The number of hydrogen-bond acceptors (Lipinski definition) is 6. The van der Waals surface area contributed by atoms with Gasteiger partial charge in [-0.1, -0.05) is 22.7 Å². The van der Waals surface area contributed by atoms with Crippen LogP contribution in [-0.2, 0) is 0 Å². The molecule has 0 spiro atoms. The van der Waals surface area contributed by atoms with Crippen molar-refractivity contribution in [2.24, 2.45) is 0 Å². The van der Waals surface area contributed by atoms with E-state index in [0.29, 0.717) is 0 Å². The molecule has 0 amide bonds. The summed E-state index contributed by atoms with van der Waals surface area (Å²) in [6.07, 6.45) is 3.27. The Bertz CT molecular complexity index is 804. The minimum absolute atomic E-state index is 0.737. The molecule has 100 valence electrons. The average Bonchev–Trinajstić information content (AvgIpc) is 3.10. The molecule has 4 aromatic heterocycles. The maximum atomic E-state index is 5.42. The first-order chi connectivity index (χ1) is 9.72. The van der Waals surface area contributed by atoms with E-state index in [1.165, 1.54) is 22.7 Å². The Morgan fingerprint density at radius 2 is 1.25 bits per heavy atom. The van der Waals surface area contributed by atoms with E-state index < -0.39 is 0 Å². The molecule has 0 aromatic carbocycles. The summed E-state index contributed by atoms with van der Waals surface area (Å²) < 4.78 is 12.6. The number of thiazole rings is 2. The molecule has 4 nitrogen and oxygen atoms in total. The highest BCUT2D eigenvalue weighted by Gasteiger charge is 2.18. The highest BCUT2D eigenvalue weighted by molar-refractivity contribution is 9.11. The summed E-state index contributed by atoms with van der Waals surface area (Å²) in [4.78, 5) is 10.9. The van der Waals surface area contributed by atoms with Gasteiger partial charge in [-0.2, -0.15) is 0 Å². The lowest BCUT2D eigenvalue weighted by molar-refractivity contribution is 0.581. The Morgan fingerprint density at radius 3 is 1.60 bits per heavy atom. The predicted molar refractivity (Wildman–Crippen MR) is 86.1 cm³/mol. The second-order valence-electron chi connectivity index (χ2n) is 3.84. The number of furan rings is 2. The summed E-state index contributed by atoms with van der Waals surface area (Å²) in [5.74, 6) is 1.47. The van der Waals surface area contributed by atoms with E-state index in [2.05, 4.69) is 41.8 Å². The molecule has 0 N–H and O–H groups in total. The molecule has 0 aliphatic carbocycles. The van der Waals surface area contributed by atoms with Crippen molar-refractivity contribution in [3.05, 3.63) is 33.6 Å². The molecule has 8 heteroatoms. The lowest BCUT2D eigenvalue weighted by atomic mass is 10.5. The van der Waals surface area contributed by atoms with Crippen LogP contribution in [-0.4, -0.2) is 9.97 Å². The monoisotopic (exact) mass is 430 g/mol.